The van der Waals surface area contributed by atoms with Gasteiger partial charge < -0.3 is 5.32 Å². The third kappa shape index (κ3) is 2.63. The highest BCUT2D eigenvalue weighted by molar-refractivity contribution is 5.94. The molecule has 0 aliphatic rings. The second kappa shape index (κ2) is 5.96. The lowest BCUT2D eigenvalue weighted by molar-refractivity contribution is 1.10. The van der Waals surface area contributed by atoms with Crippen LogP contribution in [0.25, 0.3) is 27.7 Å². The average molecular weight is 313 g/mol. The van der Waals surface area contributed by atoms with Gasteiger partial charge in [0.15, 0.2) is 0 Å². The minimum atomic E-state index is 0.697. The first kappa shape index (κ1) is 14.1. The van der Waals surface area contributed by atoms with E-state index in [9.17, 15) is 0 Å². The number of nitrogens with one attached hydrogen (secondary N) is 2. The number of pyridine rings is 2. The fraction of sp³-hybridized carbons (Fsp3) is 0. The first-order valence-electron chi connectivity index (χ1n) is 7.57. The van der Waals surface area contributed by atoms with Crippen molar-refractivity contribution in [1.29, 1.82) is 0 Å². The molecule has 0 aliphatic heterocycles. The number of rotatable bonds is 4. The van der Waals surface area contributed by atoms with Gasteiger partial charge in [0.05, 0.1) is 11.2 Å². The molecule has 0 spiro atoms. The highest BCUT2D eigenvalue weighted by Gasteiger charge is 2.11. The largest absolute Gasteiger partial charge is 0.339 e. The third-order valence-corrected chi connectivity index (χ3v) is 3.79. The van der Waals surface area contributed by atoms with Crippen molar-refractivity contribution in [3.63, 3.8) is 0 Å². The summed E-state index contributed by atoms with van der Waals surface area (Å²) >= 11 is 0. The maximum Gasteiger partial charge on any atom is 0.130 e. The van der Waals surface area contributed by atoms with Crippen LogP contribution in [0.2, 0.25) is 0 Å². The number of nitrogens with zero attached hydrogens (tertiary/aromatic N) is 3. The second-order valence-electron chi connectivity index (χ2n) is 5.39. The Morgan fingerprint density at radius 2 is 1.96 bits per heavy atom. The SMILES string of the molecule is C=C(Nc1ccccn1)c1n[nH]c2ccc(-c3cccnc3)cc12. The normalized spacial score (nSPS) is 10.7. The van der Waals surface area contributed by atoms with E-state index in [1.165, 1.54) is 0 Å². The van der Waals surface area contributed by atoms with Crippen molar-refractivity contribution < 1.29 is 0 Å². The summed E-state index contributed by atoms with van der Waals surface area (Å²) in [4.78, 5) is 8.44. The van der Waals surface area contributed by atoms with Gasteiger partial charge in [-0.05, 0) is 35.9 Å². The molecule has 0 aliphatic carbocycles. The van der Waals surface area contributed by atoms with Crippen molar-refractivity contribution in [2.45, 2.75) is 0 Å². The van der Waals surface area contributed by atoms with Crippen molar-refractivity contribution in [1.82, 2.24) is 20.2 Å². The van der Waals surface area contributed by atoms with E-state index in [4.69, 9.17) is 0 Å². The molecule has 0 atom stereocenters. The van der Waals surface area contributed by atoms with E-state index in [0.717, 1.165) is 33.5 Å². The van der Waals surface area contributed by atoms with Gasteiger partial charge in [0, 0.05) is 29.5 Å². The predicted octanol–water partition coefficient (Wildman–Crippen LogP) is 4.10. The van der Waals surface area contributed by atoms with Crippen LogP contribution in [0.5, 0.6) is 0 Å². The van der Waals surface area contributed by atoms with Crippen LogP contribution in [-0.2, 0) is 0 Å². The van der Waals surface area contributed by atoms with Crippen LogP contribution in [0, 0.1) is 0 Å². The van der Waals surface area contributed by atoms with Crippen molar-refractivity contribution in [3.05, 3.63) is 79.4 Å². The molecule has 24 heavy (non-hydrogen) atoms. The molecular formula is C19H15N5. The summed E-state index contributed by atoms with van der Waals surface area (Å²) < 4.78 is 0. The van der Waals surface area contributed by atoms with E-state index in [0.29, 0.717) is 5.70 Å². The quantitative estimate of drug-likeness (QED) is 0.595. The van der Waals surface area contributed by atoms with Crippen molar-refractivity contribution in [2.24, 2.45) is 0 Å². The van der Waals surface area contributed by atoms with Gasteiger partial charge in [-0.15, -0.1) is 0 Å². The molecule has 4 rings (SSSR count). The molecule has 0 fully saturated rings. The Hall–Kier alpha value is -3.47. The monoisotopic (exact) mass is 313 g/mol. The molecule has 3 aromatic heterocycles. The van der Waals surface area contributed by atoms with E-state index < -0.39 is 0 Å². The fourth-order valence-electron chi connectivity index (χ4n) is 2.61. The Bertz CT molecular complexity index is 990. The summed E-state index contributed by atoms with van der Waals surface area (Å²) in [7, 11) is 0. The highest BCUT2D eigenvalue weighted by Crippen LogP contribution is 2.27. The summed E-state index contributed by atoms with van der Waals surface area (Å²) in [5, 5.41) is 11.6. The zero-order valence-corrected chi connectivity index (χ0v) is 12.9. The lowest BCUT2D eigenvalue weighted by atomic mass is 10.0. The standard InChI is InChI=1S/C19H15N5/c1-13(22-18-6-2-3-10-21-18)19-16-11-14(7-8-17(16)23-24-19)15-5-4-9-20-12-15/h2-12H,1H2,(H,21,22)(H,23,24). The van der Waals surface area contributed by atoms with Crippen LogP contribution in [-0.4, -0.2) is 20.2 Å². The maximum absolute atomic E-state index is 4.40. The van der Waals surface area contributed by atoms with Crippen molar-refractivity contribution >= 4 is 22.4 Å². The molecule has 0 unspecified atom stereocenters. The molecule has 0 amide bonds. The Morgan fingerprint density at radius 1 is 1.00 bits per heavy atom. The lowest BCUT2D eigenvalue weighted by Crippen LogP contribution is -1.99. The molecule has 5 nitrogen and oxygen atoms in total. The van der Waals surface area contributed by atoms with Gasteiger partial charge in [-0.1, -0.05) is 24.8 Å². The van der Waals surface area contributed by atoms with Crippen molar-refractivity contribution in [3.8, 4) is 11.1 Å². The molecule has 4 aromatic rings. The van der Waals surface area contributed by atoms with Gasteiger partial charge in [0.2, 0.25) is 0 Å². The first-order valence-corrected chi connectivity index (χ1v) is 7.57. The topological polar surface area (TPSA) is 66.5 Å². The molecule has 3 heterocycles. The number of aromatic amines is 1. The summed E-state index contributed by atoms with van der Waals surface area (Å²) in [6, 6.07) is 15.8. The Morgan fingerprint density at radius 3 is 2.75 bits per heavy atom. The Labute approximate surface area is 139 Å². The molecule has 0 bridgehead atoms. The highest BCUT2D eigenvalue weighted by atomic mass is 15.1. The van der Waals surface area contributed by atoms with Crippen LogP contribution in [0.4, 0.5) is 5.82 Å². The molecule has 0 radical (unpaired) electrons. The summed E-state index contributed by atoms with van der Waals surface area (Å²) in [6.07, 6.45) is 5.35. The van der Waals surface area contributed by atoms with Crippen LogP contribution in [0.3, 0.4) is 0 Å². The van der Waals surface area contributed by atoms with Crippen LogP contribution in [0.1, 0.15) is 5.69 Å². The van der Waals surface area contributed by atoms with E-state index in [-0.39, 0.29) is 0 Å². The van der Waals surface area contributed by atoms with Gasteiger partial charge in [0.25, 0.3) is 0 Å². The molecule has 0 saturated carbocycles. The summed E-state index contributed by atoms with van der Waals surface area (Å²) in [6.45, 7) is 4.10. The van der Waals surface area contributed by atoms with Gasteiger partial charge in [0.1, 0.15) is 11.5 Å². The van der Waals surface area contributed by atoms with Crippen LogP contribution in [0.15, 0.2) is 73.7 Å². The number of anilines is 1. The maximum atomic E-state index is 4.40. The van der Waals surface area contributed by atoms with E-state index >= 15 is 0 Å². The number of fused-ring (bicyclic) bond motifs is 1. The Kier molecular flexibility index (Phi) is 3.51. The van der Waals surface area contributed by atoms with Crippen LogP contribution < -0.4 is 5.32 Å². The third-order valence-electron chi connectivity index (χ3n) is 3.79. The predicted molar refractivity (Wildman–Crippen MR) is 96.2 cm³/mol. The number of H-pyrrole nitrogens is 1. The fourth-order valence-corrected chi connectivity index (χ4v) is 2.61. The number of benzene rings is 1. The van der Waals surface area contributed by atoms with E-state index in [2.05, 4.69) is 44.2 Å². The molecule has 0 saturated heterocycles. The van der Waals surface area contributed by atoms with Gasteiger partial charge in [-0.25, -0.2) is 4.98 Å². The van der Waals surface area contributed by atoms with E-state index in [1.807, 2.05) is 42.6 Å². The number of hydrogen-bond donors (Lipinski definition) is 2. The molecule has 116 valence electrons. The second-order valence-corrected chi connectivity index (χ2v) is 5.39. The van der Waals surface area contributed by atoms with Gasteiger partial charge in [-0.2, -0.15) is 5.10 Å². The van der Waals surface area contributed by atoms with Crippen molar-refractivity contribution in [2.75, 3.05) is 5.32 Å². The zero-order chi connectivity index (χ0) is 16.4. The van der Waals surface area contributed by atoms with Crippen LogP contribution >= 0.6 is 0 Å². The Balaban J connectivity index is 1.72. The van der Waals surface area contributed by atoms with Gasteiger partial charge in [-0.3, -0.25) is 10.1 Å². The first-order chi connectivity index (χ1) is 11.8. The average Bonchev–Trinajstić information content (AvgIpc) is 3.06. The summed E-state index contributed by atoms with van der Waals surface area (Å²) in [5.74, 6) is 0.738. The molecule has 2 N–H and O–H groups in total. The van der Waals surface area contributed by atoms with E-state index in [1.54, 1.807) is 12.4 Å². The number of aromatic nitrogens is 4. The van der Waals surface area contributed by atoms with Gasteiger partial charge >= 0.3 is 0 Å². The lowest BCUT2D eigenvalue weighted by Gasteiger charge is -2.07. The summed E-state index contributed by atoms with van der Waals surface area (Å²) in [5.41, 5.74) is 4.59. The number of hydrogen-bond acceptors (Lipinski definition) is 4. The molecule has 5 heteroatoms. The molecular weight excluding hydrogens is 298 g/mol. The minimum absolute atomic E-state index is 0.697. The smallest absolute Gasteiger partial charge is 0.130 e. The zero-order valence-electron chi connectivity index (χ0n) is 12.9. The molecule has 1 aromatic carbocycles. The minimum Gasteiger partial charge on any atom is -0.339 e.